The highest BCUT2D eigenvalue weighted by molar-refractivity contribution is 7.98. The van der Waals surface area contributed by atoms with Gasteiger partial charge in [-0.05, 0) is 19.1 Å². The van der Waals surface area contributed by atoms with Crippen LogP contribution in [0.15, 0.2) is 29.2 Å². The molecule has 2 aromatic rings. The van der Waals surface area contributed by atoms with Gasteiger partial charge in [0.05, 0.1) is 5.75 Å². The molecule has 0 bridgehead atoms. The van der Waals surface area contributed by atoms with Gasteiger partial charge in [0.25, 0.3) is 0 Å². The fourth-order valence-electron chi connectivity index (χ4n) is 1.37. The summed E-state index contributed by atoms with van der Waals surface area (Å²) in [5.74, 6) is 2.64. The van der Waals surface area contributed by atoms with E-state index in [2.05, 4.69) is 10.2 Å². The quantitative estimate of drug-likeness (QED) is 0.614. The Kier molecular flexibility index (Phi) is 3.58. The maximum atomic E-state index is 10.5. The van der Waals surface area contributed by atoms with Gasteiger partial charge in [0.2, 0.25) is 0 Å². The van der Waals surface area contributed by atoms with Gasteiger partial charge in [0, 0.05) is 17.5 Å². The molecule has 2 rings (SSSR count). The first kappa shape index (κ1) is 11.9. The number of carbonyl (C=O) groups is 1. The predicted octanol–water partition coefficient (Wildman–Crippen LogP) is 2.23. The number of thioether (sulfide) groups is 1. The van der Waals surface area contributed by atoms with Gasteiger partial charge in [0.15, 0.2) is 0 Å². The summed E-state index contributed by atoms with van der Waals surface area (Å²) < 4.78 is 1.98. The predicted molar refractivity (Wildman–Crippen MR) is 67.1 cm³/mol. The molecule has 1 aromatic heterocycles. The van der Waals surface area contributed by atoms with Crippen molar-refractivity contribution < 1.29 is 4.79 Å². The highest BCUT2D eigenvalue weighted by atomic mass is 32.2. The molecule has 17 heavy (non-hydrogen) atoms. The van der Waals surface area contributed by atoms with Crippen LogP contribution in [0, 0.1) is 6.92 Å². The van der Waals surface area contributed by atoms with Gasteiger partial charge >= 0.3 is 0 Å². The second-order valence-electron chi connectivity index (χ2n) is 3.70. The fraction of sp³-hybridized carbons (Fsp3) is 0.250. The third-order valence-electron chi connectivity index (χ3n) is 2.57. The van der Waals surface area contributed by atoms with Crippen molar-refractivity contribution in [3.63, 3.8) is 0 Å². The average molecular weight is 247 g/mol. The molecule has 0 aliphatic rings. The van der Waals surface area contributed by atoms with Crippen LogP contribution in [-0.2, 0) is 12.8 Å². The molecule has 0 saturated carbocycles. The summed E-state index contributed by atoms with van der Waals surface area (Å²) in [6.45, 7) is 1.93. The highest BCUT2D eigenvalue weighted by Gasteiger charge is 2.05. The monoisotopic (exact) mass is 247 g/mol. The third kappa shape index (κ3) is 2.74. The van der Waals surface area contributed by atoms with Crippen molar-refractivity contribution >= 4 is 18.0 Å². The molecule has 0 amide bonds. The highest BCUT2D eigenvalue weighted by Crippen LogP contribution is 2.21. The van der Waals surface area contributed by atoms with Crippen LogP contribution >= 0.6 is 11.8 Å². The molecule has 0 atom stereocenters. The molecule has 0 spiro atoms. The van der Waals surface area contributed by atoms with Gasteiger partial charge in [-0.25, -0.2) is 0 Å². The van der Waals surface area contributed by atoms with E-state index in [9.17, 15) is 4.79 Å². The standard InChI is InChI=1S/C12H13N3OS/c1-9-13-14-12(15(9)2)8-17-11-5-3-10(7-16)4-6-11/h3-7H,8H2,1-2H3. The number of aromatic nitrogens is 3. The summed E-state index contributed by atoms with van der Waals surface area (Å²) in [6, 6.07) is 7.52. The first-order chi connectivity index (χ1) is 8.20. The lowest BCUT2D eigenvalue weighted by Gasteiger charge is -2.02. The van der Waals surface area contributed by atoms with E-state index in [1.165, 1.54) is 0 Å². The Balaban J connectivity index is 2.02. The van der Waals surface area contributed by atoms with Crippen LogP contribution in [0.2, 0.25) is 0 Å². The number of carbonyl (C=O) groups excluding carboxylic acids is 1. The van der Waals surface area contributed by atoms with Crippen molar-refractivity contribution in [1.29, 1.82) is 0 Å². The Labute approximate surface area is 104 Å². The van der Waals surface area contributed by atoms with Crippen molar-refractivity contribution in [2.45, 2.75) is 17.6 Å². The molecule has 1 heterocycles. The number of aldehydes is 1. The number of aryl methyl sites for hydroxylation is 1. The minimum absolute atomic E-state index is 0.698. The molecule has 0 aliphatic heterocycles. The lowest BCUT2D eigenvalue weighted by Crippen LogP contribution is -1.97. The van der Waals surface area contributed by atoms with Crippen LogP contribution in [0.4, 0.5) is 0 Å². The maximum Gasteiger partial charge on any atom is 0.150 e. The number of hydrogen-bond donors (Lipinski definition) is 0. The molecule has 0 unspecified atom stereocenters. The zero-order valence-corrected chi connectivity index (χ0v) is 10.6. The fourth-order valence-corrected chi connectivity index (χ4v) is 2.24. The molecule has 0 N–H and O–H groups in total. The zero-order valence-electron chi connectivity index (χ0n) is 9.75. The zero-order chi connectivity index (χ0) is 12.3. The minimum Gasteiger partial charge on any atom is -0.318 e. The average Bonchev–Trinajstić information content (AvgIpc) is 2.68. The molecule has 1 aromatic carbocycles. The van der Waals surface area contributed by atoms with E-state index in [0.717, 1.165) is 28.6 Å². The lowest BCUT2D eigenvalue weighted by atomic mass is 10.2. The van der Waals surface area contributed by atoms with Crippen molar-refractivity contribution in [2.75, 3.05) is 0 Å². The Hall–Kier alpha value is -1.62. The second kappa shape index (κ2) is 5.14. The largest absolute Gasteiger partial charge is 0.318 e. The summed E-state index contributed by atoms with van der Waals surface area (Å²) >= 11 is 1.68. The lowest BCUT2D eigenvalue weighted by molar-refractivity contribution is 0.112. The summed E-state index contributed by atoms with van der Waals surface area (Å²) in [6.07, 6.45) is 0.848. The number of benzene rings is 1. The van der Waals surface area contributed by atoms with Crippen LogP contribution in [0.5, 0.6) is 0 Å². The van der Waals surface area contributed by atoms with Gasteiger partial charge in [-0.2, -0.15) is 0 Å². The normalized spacial score (nSPS) is 10.5. The van der Waals surface area contributed by atoms with Gasteiger partial charge in [-0.15, -0.1) is 22.0 Å². The van der Waals surface area contributed by atoms with Gasteiger partial charge in [-0.1, -0.05) is 12.1 Å². The molecule has 0 radical (unpaired) electrons. The summed E-state index contributed by atoms with van der Waals surface area (Å²) in [5.41, 5.74) is 0.698. The van der Waals surface area contributed by atoms with E-state index in [0.29, 0.717) is 5.56 Å². The molecule has 0 saturated heterocycles. The van der Waals surface area contributed by atoms with E-state index in [4.69, 9.17) is 0 Å². The number of rotatable bonds is 4. The molecule has 0 aliphatic carbocycles. The molecular formula is C12H13N3OS. The Bertz CT molecular complexity index is 519. The molecule has 5 heteroatoms. The van der Waals surface area contributed by atoms with Crippen molar-refractivity contribution in [2.24, 2.45) is 7.05 Å². The minimum atomic E-state index is 0.698. The first-order valence-corrected chi connectivity index (χ1v) is 6.22. The SMILES string of the molecule is Cc1nnc(CSc2ccc(C=O)cc2)n1C. The van der Waals surface area contributed by atoms with Crippen LogP contribution < -0.4 is 0 Å². The van der Waals surface area contributed by atoms with Crippen molar-refractivity contribution in [3.8, 4) is 0 Å². The summed E-state index contributed by atoms with van der Waals surface area (Å²) in [7, 11) is 1.96. The number of nitrogens with zero attached hydrogens (tertiary/aromatic N) is 3. The second-order valence-corrected chi connectivity index (χ2v) is 4.75. The van der Waals surface area contributed by atoms with Gasteiger partial charge in [-0.3, -0.25) is 4.79 Å². The van der Waals surface area contributed by atoms with Crippen LogP contribution in [0.25, 0.3) is 0 Å². The van der Waals surface area contributed by atoms with Gasteiger partial charge in [0.1, 0.15) is 17.9 Å². The smallest absolute Gasteiger partial charge is 0.150 e. The van der Waals surface area contributed by atoms with Crippen molar-refractivity contribution in [1.82, 2.24) is 14.8 Å². The van der Waals surface area contributed by atoms with E-state index in [1.54, 1.807) is 11.8 Å². The van der Waals surface area contributed by atoms with Crippen LogP contribution in [0.1, 0.15) is 22.0 Å². The number of hydrogen-bond acceptors (Lipinski definition) is 4. The third-order valence-corrected chi connectivity index (χ3v) is 3.57. The van der Waals surface area contributed by atoms with Crippen LogP contribution in [-0.4, -0.2) is 21.1 Å². The molecule has 4 nitrogen and oxygen atoms in total. The maximum absolute atomic E-state index is 10.5. The Morgan fingerprint density at radius 3 is 2.53 bits per heavy atom. The van der Waals surface area contributed by atoms with Crippen LogP contribution in [0.3, 0.4) is 0 Å². The molecular weight excluding hydrogens is 234 g/mol. The molecule has 0 fully saturated rings. The Morgan fingerprint density at radius 2 is 2.00 bits per heavy atom. The van der Waals surface area contributed by atoms with Crippen molar-refractivity contribution in [3.05, 3.63) is 41.5 Å². The summed E-state index contributed by atoms with van der Waals surface area (Å²) in [4.78, 5) is 11.6. The first-order valence-electron chi connectivity index (χ1n) is 5.23. The Morgan fingerprint density at radius 1 is 1.29 bits per heavy atom. The van der Waals surface area contributed by atoms with E-state index >= 15 is 0 Å². The topological polar surface area (TPSA) is 47.8 Å². The summed E-state index contributed by atoms with van der Waals surface area (Å²) in [5, 5.41) is 8.11. The van der Waals surface area contributed by atoms with E-state index in [1.807, 2.05) is 42.8 Å². The van der Waals surface area contributed by atoms with E-state index < -0.39 is 0 Å². The molecule has 88 valence electrons. The van der Waals surface area contributed by atoms with Gasteiger partial charge < -0.3 is 4.57 Å². The van der Waals surface area contributed by atoms with E-state index in [-0.39, 0.29) is 0 Å².